The number of anilines is 1. The van der Waals surface area contributed by atoms with Crippen molar-refractivity contribution in [1.82, 2.24) is 4.98 Å². The minimum atomic E-state index is -0.928. The highest BCUT2D eigenvalue weighted by molar-refractivity contribution is 9.10. The number of benzene rings is 1. The topological polar surface area (TPSA) is 42.0 Å². The Kier molecular flexibility index (Phi) is 4.19. The maximum Gasteiger partial charge on any atom is 0.242 e. The third-order valence-electron chi connectivity index (χ3n) is 2.48. The van der Waals surface area contributed by atoms with Crippen LogP contribution in [0, 0.1) is 11.6 Å². The molecule has 0 radical (unpaired) electrons. The molecule has 0 saturated heterocycles. The molecule has 0 aliphatic heterocycles. The molecule has 1 aromatic heterocycles. The third kappa shape index (κ3) is 3.40. The molecule has 1 amide bonds. The van der Waals surface area contributed by atoms with E-state index in [2.05, 4.69) is 26.2 Å². The first kappa shape index (κ1) is 15.1. The molecule has 0 spiro atoms. The van der Waals surface area contributed by atoms with Crippen LogP contribution in [0.5, 0.6) is 0 Å². The lowest BCUT2D eigenvalue weighted by atomic mass is 10.2. The zero-order chi connectivity index (χ0) is 14.9. The van der Waals surface area contributed by atoms with Gasteiger partial charge in [-0.1, -0.05) is 15.9 Å². The molecule has 0 fully saturated rings. The molecule has 106 valence electrons. The summed E-state index contributed by atoms with van der Waals surface area (Å²) >= 11 is 4.46. The highest BCUT2D eigenvalue weighted by Crippen LogP contribution is 2.27. The van der Waals surface area contributed by atoms with E-state index in [1.807, 2.05) is 0 Å². The summed E-state index contributed by atoms with van der Waals surface area (Å²) in [5.74, 6) is -2.06. The Hall–Kier alpha value is -1.34. The Labute approximate surface area is 127 Å². The molecule has 3 nitrogen and oxygen atoms in total. The fraction of sp³-hybridized carbons (Fsp3) is 0.231. The molecule has 1 N–H and O–H groups in total. The number of hydrogen-bond donors (Lipinski definition) is 1. The molecule has 20 heavy (non-hydrogen) atoms. The zero-order valence-electron chi connectivity index (χ0n) is 10.7. The van der Waals surface area contributed by atoms with Gasteiger partial charge in [0.1, 0.15) is 0 Å². The number of amides is 1. The highest BCUT2D eigenvalue weighted by atomic mass is 79.9. The molecule has 2 aromatic rings. The summed E-state index contributed by atoms with van der Waals surface area (Å²) in [7, 11) is 0. The average Bonchev–Trinajstić information content (AvgIpc) is 2.80. The second-order valence-corrected chi connectivity index (χ2v) is 7.43. The number of carbonyl (C=O) groups is 1. The van der Waals surface area contributed by atoms with E-state index in [-0.39, 0.29) is 5.91 Å². The summed E-state index contributed by atoms with van der Waals surface area (Å²) in [4.78, 5) is 16.0. The van der Waals surface area contributed by atoms with Crippen LogP contribution in [-0.2, 0) is 4.79 Å². The Balaban J connectivity index is 2.21. The van der Waals surface area contributed by atoms with Crippen LogP contribution >= 0.6 is 27.3 Å². The average molecular weight is 361 g/mol. The number of halogens is 3. The van der Waals surface area contributed by atoms with Gasteiger partial charge in [-0.15, -0.1) is 11.3 Å². The van der Waals surface area contributed by atoms with Crippen molar-refractivity contribution in [2.75, 3.05) is 5.32 Å². The molecule has 0 atom stereocenters. The molecule has 0 unspecified atom stereocenters. The first-order valence-corrected chi connectivity index (χ1v) is 7.36. The van der Waals surface area contributed by atoms with E-state index in [0.717, 1.165) is 12.1 Å². The summed E-state index contributed by atoms with van der Waals surface area (Å²) in [6.07, 6.45) is 0. The lowest BCUT2D eigenvalue weighted by Crippen LogP contribution is -2.30. The van der Waals surface area contributed by atoms with E-state index >= 15 is 0 Å². The van der Waals surface area contributed by atoms with Gasteiger partial charge in [0.15, 0.2) is 16.8 Å². The number of alkyl halides is 1. The van der Waals surface area contributed by atoms with E-state index in [1.165, 1.54) is 17.4 Å². The van der Waals surface area contributed by atoms with Crippen LogP contribution in [0.25, 0.3) is 11.3 Å². The lowest BCUT2D eigenvalue weighted by molar-refractivity contribution is -0.117. The van der Waals surface area contributed by atoms with Crippen LogP contribution in [0.4, 0.5) is 13.9 Å². The fourth-order valence-electron chi connectivity index (χ4n) is 1.36. The van der Waals surface area contributed by atoms with Crippen molar-refractivity contribution >= 4 is 38.3 Å². The van der Waals surface area contributed by atoms with E-state index in [4.69, 9.17) is 0 Å². The van der Waals surface area contributed by atoms with Crippen LogP contribution in [0.1, 0.15) is 13.8 Å². The Bertz CT molecular complexity index is 652. The van der Waals surface area contributed by atoms with Gasteiger partial charge >= 0.3 is 0 Å². The number of hydrogen-bond acceptors (Lipinski definition) is 3. The van der Waals surface area contributed by atoms with Gasteiger partial charge in [-0.05, 0) is 32.0 Å². The molecule has 7 heteroatoms. The quantitative estimate of drug-likeness (QED) is 0.833. The number of aromatic nitrogens is 1. The lowest BCUT2D eigenvalue weighted by Gasteiger charge is -2.13. The number of rotatable bonds is 3. The Morgan fingerprint density at radius 3 is 2.65 bits per heavy atom. The molecule has 0 bridgehead atoms. The molecule has 1 aromatic carbocycles. The molecular weight excluding hydrogens is 350 g/mol. The van der Waals surface area contributed by atoms with Crippen LogP contribution in [0.3, 0.4) is 0 Å². The van der Waals surface area contributed by atoms with Crippen molar-refractivity contribution in [2.45, 2.75) is 18.2 Å². The largest absolute Gasteiger partial charge is 0.301 e. The molecule has 0 aliphatic rings. The van der Waals surface area contributed by atoms with Crippen LogP contribution in [-0.4, -0.2) is 15.2 Å². The number of nitrogens with zero attached hydrogens (tertiary/aromatic N) is 1. The van der Waals surface area contributed by atoms with E-state index < -0.39 is 16.0 Å². The number of carbonyl (C=O) groups excluding carboxylic acids is 1. The van der Waals surface area contributed by atoms with Gasteiger partial charge in [-0.3, -0.25) is 4.79 Å². The van der Waals surface area contributed by atoms with E-state index in [9.17, 15) is 13.6 Å². The number of nitrogens with one attached hydrogen (secondary N) is 1. The van der Waals surface area contributed by atoms with Crippen molar-refractivity contribution in [3.63, 3.8) is 0 Å². The minimum Gasteiger partial charge on any atom is -0.301 e. The van der Waals surface area contributed by atoms with Crippen molar-refractivity contribution < 1.29 is 13.6 Å². The van der Waals surface area contributed by atoms with Gasteiger partial charge in [0.25, 0.3) is 0 Å². The Morgan fingerprint density at radius 2 is 2.05 bits per heavy atom. The van der Waals surface area contributed by atoms with Crippen LogP contribution in [0.15, 0.2) is 23.6 Å². The van der Waals surface area contributed by atoms with Gasteiger partial charge in [-0.25, -0.2) is 13.8 Å². The smallest absolute Gasteiger partial charge is 0.242 e. The molecule has 1 heterocycles. The zero-order valence-corrected chi connectivity index (χ0v) is 13.1. The van der Waals surface area contributed by atoms with Crippen molar-refractivity contribution in [2.24, 2.45) is 0 Å². The normalized spacial score (nSPS) is 11.4. The van der Waals surface area contributed by atoms with E-state index in [0.29, 0.717) is 16.4 Å². The second kappa shape index (κ2) is 5.57. The second-order valence-electron chi connectivity index (χ2n) is 4.59. The highest BCUT2D eigenvalue weighted by Gasteiger charge is 2.24. The summed E-state index contributed by atoms with van der Waals surface area (Å²) in [6, 6.07) is 3.56. The summed E-state index contributed by atoms with van der Waals surface area (Å²) < 4.78 is 25.3. The van der Waals surface area contributed by atoms with Gasteiger partial charge in [-0.2, -0.15) is 0 Å². The Morgan fingerprint density at radius 1 is 1.35 bits per heavy atom. The van der Waals surface area contributed by atoms with E-state index in [1.54, 1.807) is 19.2 Å². The van der Waals surface area contributed by atoms with Crippen molar-refractivity contribution in [3.05, 3.63) is 35.2 Å². The van der Waals surface area contributed by atoms with Gasteiger partial charge in [0.05, 0.1) is 10.0 Å². The summed E-state index contributed by atoms with van der Waals surface area (Å²) in [6.45, 7) is 3.43. The van der Waals surface area contributed by atoms with Gasteiger partial charge in [0, 0.05) is 10.9 Å². The maximum absolute atomic E-state index is 13.2. The summed E-state index contributed by atoms with van der Waals surface area (Å²) in [5, 5.41) is 4.73. The van der Waals surface area contributed by atoms with Crippen molar-refractivity contribution in [3.8, 4) is 11.3 Å². The van der Waals surface area contributed by atoms with Gasteiger partial charge < -0.3 is 5.32 Å². The first-order valence-electron chi connectivity index (χ1n) is 5.68. The monoisotopic (exact) mass is 360 g/mol. The molecule has 0 saturated carbocycles. The number of thiazole rings is 1. The van der Waals surface area contributed by atoms with Gasteiger partial charge in [0.2, 0.25) is 5.91 Å². The van der Waals surface area contributed by atoms with Crippen LogP contribution in [0.2, 0.25) is 0 Å². The predicted molar refractivity (Wildman–Crippen MR) is 79.1 cm³/mol. The molecule has 0 aliphatic carbocycles. The third-order valence-corrected chi connectivity index (χ3v) is 3.60. The predicted octanol–water partition coefficient (Wildman–Crippen LogP) is 4.20. The first-order chi connectivity index (χ1) is 9.27. The fourth-order valence-corrected chi connectivity index (χ4v) is 2.18. The standard InChI is InChI=1S/C13H11BrF2N2OS/c1-13(2,14)11(19)18-12-17-10(6-20-12)7-3-4-8(15)9(16)5-7/h3-6H,1-2H3,(H,17,18,19). The minimum absolute atomic E-state index is 0.233. The molecular formula is C13H11BrF2N2OS. The van der Waals surface area contributed by atoms with Crippen LogP contribution < -0.4 is 5.32 Å². The maximum atomic E-state index is 13.2. The summed E-state index contributed by atoms with van der Waals surface area (Å²) in [5.41, 5.74) is 0.940. The van der Waals surface area contributed by atoms with Crippen molar-refractivity contribution in [1.29, 1.82) is 0 Å². The SMILES string of the molecule is CC(C)(Br)C(=O)Nc1nc(-c2ccc(F)c(F)c2)cs1. The molecule has 2 rings (SSSR count).